The van der Waals surface area contributed by atoms with Crippen LogP contribution in [0.4, 0.5) is 0 Å². The Balaban J connectivity index is 1.83. The number of aromatic nitrogens is 5. The van der Waals surface area contributed by atoms with E-state index in [1.165, 1.54) is 0 Å². The van der Waals surface area contributed by atoms with Gasteiger partial charge in [-0.3, -0.25) is 4.98 Å². The molecule has 0 aliphatic carbocycles. The number of hydrogen-bond donors (Lipinski definition) is 0. The van der Waals surface area contributed by atoms with Gasteiger partial charge in [-0.2, -0.15) is 0 Å². The van der Waals surface area contributed by atoms with Gasteiger partial charge in [0.2, 0.25) is 0 Å². The van der Waals surface area contributed by atoms with E-state index in [4.69, 9.17) is 4.74 Å². The Bertz CT molecular complexity index is 753. The standard InChI is InChI=1S/C14H11N5O/c1-2-4-12-10(3-1)8-19-13(9-20-12)17-18-14(19)11-7-15-5-6-16-11/h1-7H,8-9H2. The lowest BCUT2D eigenvalue weighted by atomic mass is 10.2. The summed E-state index contributed by atoms with van der Waals surface area (Å²) in [6.07, 6.45) is 4.98. The average molecular weight is 265 g/mol. The second-order valence-electron chi connectivity index (χ2n) is 4.51. The third-order valence-electron chi connectivity index (χ3n) is 3.28. The van der Waals surface area contributed by atoms with Gasteiger partial charge in [-0.25, -0.2) is 4.98 Å². The minimum atomic E-state index is 0.407. The number of ether oxygens (including phenoxy) is 1. The van der Waals surface area contributed by atoms with Crippen molar-refractivity contribution in [1.82, 2.24) is 24.7 Å². The van der Waals surface area contributed by atoms with Gasteiger partial charge in [-0.1, -0.05) is 18.2 Å². The van der Waals surface area contributed by atoms with Gasteiger partial charge in [0.15, 0.2) is 11.6 Å². The highest BCUT2D eigenvalue weighted by atomic mass is 16.5. The first-order valence-electron chi connectivity index (χ1n) is 6.31. The fourth-order valence-corrected chi connectivity index (χ4v) is 2.30. The Kier molecular flexibility index (Phi) is 2.45. The Morgan fingerprint density at radius 3 is 2.95 bits per heavy atom. The summed E-state index contributed by atoms with van der Waals surface area (Å²) in [5, 5.41) is 8.41. The molecule has 0 atom stereocenters. The number of benzene rings is 1. The highest BCUT2D eigenvalue weighted by Gasteiger charge is 2.20. The van der Waals surface area contributed by atoms with Gasteiger partial charge in [0, 0.05) is 18.0 Å². The van der Waals surface area contributed by atoms with E-state index in [1.807, 2.05) is 28.8 Å². The minimum absolute atomic E-state index is 0.407. The molecule has 20 heavy (non-hydrogen) atoms. The molecule has 1 aromatic carbocycles. The Labute approximate surface area is 115 Å². The van der Waals surface area contributed by atoms with Gasteiger partial charge in [0.25, 0.3) is 0 Å². The van der Waals surface area contributed by atoms with Crippen molar-refractivity contribution in [3.8, 4) is 17.3 Å². The molecule has 2 aromatic heterocycles. The quantitative estimate of drug-likeness (QED) is 0.669. The summed E-state index contributed by atoms with van der Waals surface area (Å²) < 4.78 is 7.79. The van der Waals surface area contributed by atoms with Crippen LogP contribution in [0.5, 0.6) is 5.75 Å². The zero-order valence-corrected chi connectivity index (χ0v) is 10.6. The molecule has 6 heteroatoms. The van der Waals surface area contributed by atoms with Crippen LogP contribution >= 0.6 is 0 Å². The lowest BCUT2D eigenvalue weighted by Gasteiger charge is -2.07. The van der Waals surface area contributed by atoms with Crippen LogP contribution in [0, 0.1) is 0 Å². The van der Waals surface area contributed by atoms with Gasteiger partial charge in [-0.15, -0.1) is 10.2 Å². The molecule has 1 aliphatic rings. The van der Waals surface area contributed by atoms with Crippen molar-refractivity contribution >= 4 is 0 Å². The first-order valence-corrected chi connectivity index (χ1v) is 6.31. The summed E-state index contributed by atoms with van der Waals surface area (Å²) in [4.78, 5) is 8.37. The zero-order chi connectivity index (χ0) is 13.4. The second-order valence-corrected chi connectivity index (χ2v) is 4.51. The van der Waals surface area contributed by atoms with Gasteiger partial charge < -0.3 is 9.30 Å². The number of nitrogens with zero attached hydrogens (tertiary/aromatic N) is 5. The van der Waals surface area contributed by atoms with Crippen LogP contribution in [0.15, 0.2) is 42.9 Å². The van der Waals surface area contributed by atoms with E-state index in [-0.39, 0.29) is 0 Å². The number of rotatable bonds is 1. The molecule has 0 amide bonds. The molecular weight excluding hydrogens is 254 g/mol. The maximum absolute atomic E-state index is 5.76. The van der Waals surface area contributed by atoms with Crippen molar-refractivity contribution in [2.75, 3.05) is 0 Å². The Morgan fingerprint density at radius 2 is 2.05 bits per heavy atom. The third kappa shape index (κ3) is 1.73. The lowest BCUT2D eigenvalue weighted by molar-refractivity contribution is 0.297. The summed E-state index contributed by atoms with van der Waals surface area (Å²) in [7, 11) is 0. The predicted octanol–water partition coefficient (Wildman–Crippen LogP) is 1.68. The summed E-state index contributed by atoms with van der Waals surface area (Å²) in [6.45, 7) is 1.08. The van der Waals surface area contributed by atoms with Crippen LogP contribution in [0.1, 0.15) is 11.4 Å². The summed E-state index contributed by atoms with van der Waals surface area (Å²) >= 11 is 0. The van der Waals surface area contributed by atoms with E-state index < -0.39 is 0 Å². The van der Waals surface area contributed by atoms with Crippen molar-refractivity contribution in [3.05, 3.63) is 54.2 Å². The fourth-order valence-electron chi connectivity index (χ4n) is 2.30. The smallest absolute Gasteiger partial charge is 0.184 e. The first kappa shape index (κ1) is 11.1. The van der Waals surface area contributed by atoms with E-state index in [1.54, 1.807) is 18.6 Å². The fraction of sp³-hybridized carbons (Fsp3) is 0.143. The molecule has 0 saturated carbocycles. The maximum atomic E-state index is 5.76. The van der Waals surface area contributed by atoms with E-state index in [0.717, 1.165) is 17.1 Å². The molecule has 0 saturated heterocycles. The van der Waals surface area contributed by atoms with Crippen LogP contribution in [0.3, 0.4) is 0 Å². The molecule has 98 valence electrons. The van der Waals surface area contributed by atoms with Crippen LogP contribution in [0.25, 0.3) is 11.5 Å². The largest absolute Gasteiger partial charge is 0.485 e. The monoisotopic (exact) mass is 265 g/mol. The third-order valence-corrected chi connectivity index (χ3v) is 3.28. The highest BCUT2D eigenvalue weighted by Crippen LogP contribution is 2.26. The molecule has 6 nitrogen and oxygen atoms in total. The molecule has 0 bridgehead atoms. The molecule has 0 N–H and O–H groups in total. The average Bonchev–Trinajstić information content (AvgIpc) is 2.81. The molecule has 1 aliphatic heterocycles. The molecule has 4 rings (SSSR count). The molecular formula is C14H11N5O. The second kappa shape index (κ2) is 4.41. The van der Waals surface area contributed by atoms with Gasteiger partial charge in [-0.05, 0) is 6.07 Å². The summed E-state index contributed by atoms with van der Waals surface area (Å²) in [5.74, 6) is 2.40. The van der Waals surface area contributed by atoms with E-state index in [9.17, 15) is 0 Å². The number of para-hydroxylation sites is 1. The molecule has 0 unspecified atom stereocenters. The first-order chi connectivity index (χ1) is 9.92. The molecule has 3 aromatic rings. The number of hydrogen-bond acceptors (Lipinski definition) is 5. The highest BCUT2D eigenvalue weighted by molar-refractivity contribution is 5.48. The summed E-state index contributed by atoms with van der Waals surface area (Å²) in [5.41, 5.74) is 1.82. The molecule has 0 radical (unpaired) electrons. The predicted molar refractivity (Wildman–Crippen MR) is 70.9 cm³/mol. The normalized spacial score (nSPS) is 13.0. The zero-order valence-electron chi connectivity index (χ0n) is 10.6. The van der Waals surface area contributed by atoms with Crippen molar-refractivity contribution in [2.45, 2.75) is 13.2 Å². The van der Waals surface area contributed by atoms with Crippen LogP contribution in [0.2, 0.25) is 0 Å². The Morgan fingerprint density at radius 1 is 1.10 bits per heavy atom. The lowest BCUT2D eigenvalue weighted by Crippen LogP contribution is -2.05. The molecule has 0 fully saturated rings. The van der Waals surface area contributed by atoms with Gasteiger partial charge in [0.1, 0.15) is 18.1 Å². The topological polar surface area (TPSA) is 65.7 Å². The van der Waals surface area contributed by atoms with Crippen LogP contribution in [-0.2, 0) is 13.2 Å². The van der Waals surface area contributed by atoms with Crippen LogP contribution < -0.4 is 4.74 Å². The summed E-state index contributed by atoms with van der Waals surface area (Å²) in [6, 6.07) is 7.98. The van der Waals surface area contributed by atoms with Crippen molar-refractivity contribution in [1.29, 1.82) is 0 Å². The minimum Gasteiger partial charge on any atom is -0.485 e. The SMILES string of the molecule is c1ccc2c(c1)Cn1c(nnc1-c1cnccn1)CO2. The van der Waals surface area contributed by atoms with E-state index in [2.05, 4.69) is 20.2 Å². The molecule has 0 spiro atoms. The molecule has 3 heterocycles. The number of fused-ring (bicyclic) bond motifs is 2. The van der Waals surface area contributed by atoms with Crippen molar-refractivity contribution < 1.29 is 4.74 Å². The van der Waals surface area contributed by atoms with Gasteiger partial charge in [0.05, 0.1) is 12.7 Å². The van der Waals surface area contributed by atoms with E-state index in [0.29, 0.717) is 24.7 Å². The van der Waals surface area contributed by atoms with Crippen molar-refractivity contribution in [2.24, 2.45) is 0 Å². The van der Waals surface area contributed by atoms with Crippen LogP contribution in [-0.4, -0.2) is 24.7 Å². The van der Waals surface area contributed by atoms with Gasteiger partial charge >= 0.3 is 0 Å². The van der Waals surface area contributed by atoms with E-state index >= 15 is 0 Å². The Hall–Kier alpha value is -2.76. The van der Waals surface area contributed by atoms with Crippen molar-refractivity contribution in [3.63, 3.8) is 0 Å². The maximum Gasteiger partial charge on any atom is 0.184 e.